The molecule has 0 saturated carbocycles. The topological polar surface area (TPSA) is 42.7 Å². The van der Waals surface area contributed by atoms with Gasteiger partial charge in [-0.1, -0.05) is 11.8 Å². The number of furan rings is 1. The van der Waals surface area contributed by atoms with Crippen molar-refractivity contribution in [3.63, 3.8) is 0 Å². The number of rotatable bonds is 5. The SMILES string of the molecule is CCOC(=S)SCC(=O)N(C(C)c1ccco1)C(C)(C)C. The van der Waals surface area contributed by atoms with Crippen LogP contribution in [0.25, 0.3) is 0 Å². The Bertz CT molecular complexity index is 466. The fraction of sp³-hybridized carbons (Fsp3) is 0.600. The summed E-state index contributed by atoms with van der Waals surface area (Å²) in [5, 5.41) is 0. The zero-order chi connectivity index (χ0) is 16.0. The molecule has 6 heteroatoms. The van der Waals surface area contributed by atoms with Crippen molar-refractivity contribution in [2.75, 3.05) is 12.4 Å². The highest BCUT2D eigenvalue weighted by Crippen LogP contribution is 2.29. The van der Waals surface area contributed by atoms with Crippen molar-refractivity contribution in [1.29, 1.82) is 0 Å². The molecular weight excluding hydrogens is 306 g/mol. The van der Waals surface area contributed by atoms with Gasteiger partial charge in [-0.05, 0) is 59.0 Å². The summed E-state index contributed by atoms with van der Waals surface area (Å²) in [6, 6.07) is 3.58. The Balaban J connectivity index is 2.79. The van der Waals surface area contributed by atoms with E-state index in [4.69, 9.17) is 21.4 Å². The van der Waals surface area contributed by atoms with Crippen molar-refractivity contribution < 1.29 is 13.9 Å². The molecule has 1 rings (SSSR count). The first kappa shape index (κ1) is 18.0. The molecule has 1 unspecified atom stereocenters. The van der Waals surface area contributed by atoms with E-state index < -0.39 is 0 Å². The predicted molar refractivity (Wildman–Crippen MR) is 90.4 cm³/mol. The first-order valence-corrected chi connectivity index (χ1v) is 8.31. The zero-order valence-electron chi connectivity index (χ0n) is 13.2. The highest BCUT2D eigenvalue weighted by Gasteiger charge is 2.32. The molecule has 0 spiro atoms. The number of thioether (sulfide) groups is 1. The first-order chi connectivity index (χ1) is 9.77. The zero-order valence-corrected chi connectivity index (χ0v) is 14.8. The van der Waals surface area contributed by atoms with Crippen LogP contribution in [0.4, 0.5) is 0 Å². The lowest BCUT2D eigenvalue weighted by atomic mass is 10.0. The molecule has 1 heterocycles. The molecule has 0 aromatic carbocycles. The maximum atomic E-state index is 12.6. The van der Waals surface area contributed by atoms with Crippen molar-refractivity contribution in [2.45, 2.75) is 46.2 Å². The maximum absolute atomic E-state index is 12.6. The summed E-state index contributed by atoms with van der Waals surface area (Å²) >= 11 is 6.30. The summed E-state index contributed by atoms with van der Waals surface area (Å²) in [4.78, 5) is 14.4. The van der Waals surface area contributed by atoms with Crippen molar-refractivity contribution in [1.82, 2.24) is 4.90 Å². The average molecular weight is 329 g/mol. The summed E-state index contributed by atoms with van der Waals surface area (Å²) in [7, 11) is 0. The largest absolute Gasteiger partial charge is 0.479 e. The second kappa shape index (κ2) is 7.84. The van der Waals surface area contributed by atoms with Gasteiger partial charge in [0.1, 0.15) is 5.76 Å². The normalized spacial score (nSPS) is 12.8. The van der Waals surface area contributed by atoms with Crippen LogP contribution in [-0.4, -0.2) is 33.1 Å². The van der Waals surface area contributed by atoms with Gasteiger partial charge >= 0.3 is 0 Å². The van der Waals surface area contributed by atoms with Gasteiger partial charge in [-0.25, -0.2) is 0 Å². The van der Waals surface area contributed by atoms with E-state index in [2.05, 4.69) is 0 Å². The molecule has 0 bridgehead atoms. The molecule has 0 aliphatic rings. The van der Waals surface area contributed by atoms with Gasteiger partial charge in [0, 0.05) is 5.54 Å². The lowest BCUT2D eigenvalue weighted by Gasteiger charge is -2.39. The molecular formula is C15H23NO3S2. The smallest absolute Gasteiger partial charge is 0.234 e. The van der Waals surface area contributed by atoms with Gasteiger partial charge in [0.15, 0.2) is 0 Å². The molecule has 4 nitrogen and oxygen atoms in total. The maximum Gasteiger partial charge on any atom is 0.234 e. The van der Waals surface area contributed by atoms with Crippen molar-refractivity contribution in [3.05, 3.63) is 24.2 Å². The van der Waals surface area contributed by atoms with E-state index in [1.165, 1.54) is 11.8 Å². The summed E-state index contributed by atoms with van der Waals surface area (Å²) < 4.78 is 11.0. The standard InChI is InChI=1S/C15H23NO3S2/c1-6-18-14(20)21-10-13(17)16(15(3,4)5)11(2)12-8-7-9-19-12/h7-9,11H,6,10H2,1-5H3. The van der Waals surface area contributed by atoms with Crippen LogP contribution >= 0.6 is 24.0 Å². The molecule has 0 fully saturated rings. The second-order valence-electron chi connectivity index (χ2n) is 5.60. The number of carbonyl (C=O) groups is 1. The van der Waals surface area contributed by atoms with E-state index in [1.807, 2.05) is 51.7 Å². The fourth-order valence-electron chi connectivity index (χ4n) is 2.18. The molecule has 118 valence electrons. The lowest BCUT2D eigenvalue weighted by molar-refractivity contribution is -0.136. The summed E-state index contributed by atoms with van der Waals surface area (Å²) in [5.74, 6) is 1.05. The van der Waals surface area contributed by atoms with E-state index >= 15 is 0 Å². The number of amides is 1. The third-order valence-corrected chi connectivity index (χ3v) is 4.13. The summed E-state index contributed by atoms with van der Waals surface area (Å²) in [6.45, 7) is 10.4. The van der Waals surface area contributed by atoms with Gasteiger partial charge in [-0.2, -0.15) is 0 Å². The molecule has 1 atom stereocenters. The van der Waals surface area contributed by atoms with Crippen LogP contribution in [0, 0.1) is 0 Å². The lowest BCUT2D eigenvalue weighted by Crippen LogP contribution is -2.47. The number of nitrogens with zero attached hydrogens (tertiary/aromatic N) is 1. The number of ether oxygens (including phenoxy) is 1. The Kier molecular flexibility index (Phi) is 6.74. The van der Waals surface area contributed by atoms with E-state index in [1.54, 1.807) is 6.26 Å². The Morgan fingerprint density at radius 1 is 1.52 bits per heavy atom. The summed E-state index contributed by atoms with van der Waals surface area (Å²) in [6.07, 6.45) is 1.62. The Morgan fingerprint density at radius 3 is 2.67 bits per heavy atom. The average Bonchev–Trinajstić information content (AvgIpc) is 2.89. The molecule has 0 saturated heterocycles. The molecule has 0 radical (unpaired) electrons. The second-order valence-corrected chi connectivity index (χ2v) is 7.17. The first-order valence-electron chi connectivity index (χ1n) is 6.92. The van der Waals surface area contributed by atoms with Crippen molar-refractivity contribution in [2.24, 2.45) is 0 Å². The molecule has 0 aliphatic heterocycles. The van der Waals surface area contributed by atoms with E-state index in [0.29, 0.717) is 11.0 Å². The van der Waals surface area contributed by atoms with Crippen LogP contribution in [0.5, 0.6) is 0 Å². The minimum absolute atomic E-state index is 0.0125. The third kappa shape index (κ3) is 5.36. The molecule has 1 amide bonds. The molecule has 0 N–H and O–H groups in total. The fourth-order valence-corrected chi connectivity index (χ4v) is 3.05. The van der Waals surface area contributed by atoms with Gasteiger partial charge in [0.05, 0.1) is 24.7 Å². The predicted octanol–water partition coefficient (Wildman–Crippen LogP) is 4.02. The molecule has 0 aliphatic carbocycles. The van der Waals surface area contributed by atoms with Gasteiger partial charge in [-0.15, -0.1) is 0 Å². The number of hydrogen-bond acceptors (Lipinski definition) is 5. The highest BCUT2D eigenvalue weighted by molar-refractivity contribution is 8.23. The monoisotopic (exact) mass is 329 g/mol. The van der Waals surface area contributed by atoms with E-state index in [-0.39, 0.29) is 23.2 Å². The van der Waals surface area contributed by atoms with Crippen LogP contribution in [-0.2, 0) is 9.53 Å². The molecule has 1 aromatic heterocycles. The number of thiocarbonyl (C=S) groups is 1. The van der Waals surface area contributed by atoms with Crippen LogP contribution in [0.15, 0.2) is 22.8 Å². The van der Waals surface area contributed by atoms with Crippen molar-refractivity contribution in [3.8, 4) is 0 Å². The van der Waals surface area contributed by atoms with Gasteiger partial charge in [0.25, 0.3) is 0 Å². The Labute approximate surface area is 136 Å². The van der Waals surface area contributed by atoms with Gasteiger partial charge < -0.3 is 14.1 Å². The quantitative estimate of drug-likeness (QED) is 0.763. The van der Waals surface area contributed by atoms with Crippen LogP contribution in [0.1, 0.15) is 46.4 Å². The van der Waals surface area contributed by atoms with E-state index in [0.717, 1.165) is 5.76 Å². The number of hydrogen-bond donors (Lipinski definition) is 0. The summed E-state index contributed by atoms with van der Waals surface area (Å²) in [5.41, 5.74) is -0.308. The van der Waals surface area contributed by atoms with Crippen molar-refractivity contribution >= 4 is 34.3 Å². The van der Waals surface area contributed by atoms with Gasteiger partial charge in [0.2, 0.25) is 10.3 Å². The van der Waals surface area contributed by atoms with Crippen LogP contribution in [0.2, 0.25) is 0 Å². The van der Waals surface area contributed by atoms with Gasteiger partial charge in [-0.3, -0.25) is 4.79 Å². The third-order valence-electron chi connectivity index (χ3n) is 2.91. The minimum atomic E-state index is -0.308. The van der Waals surface area contributed by atoms with E-state index in [9.17, 15) is 4.79 Å². The number of carbonyl (C=O) groups excluding carboxylic acids is 1. The molecule has 1 aromatic rings. The Hall–Kier alpha value is -1.01. The Morgan fingerprint density at radius 2 is 2.19 bits per heavy atom. The minimum Gasteiger partial charge on any atom is -0.479 e. The van der Waals surface area contributed by atoms with Crippen LogP contribution < -0.4 is 0 Å². The highest BCUT2D eigenvalue weighted by atomic mass is 32.2. The molecule has 21 heavy (non-hydrogen) atoms. The van der Waals surface area contributed by atoms with Crippen LogP contribution in [0.3, 0.4) is 0 Å².